The molecule has 27 heavy (non-hydrogen) atoms. The first kappa shape index (κ1) is 18.9. The first-order chi connectivity index (χ1) is 13.0. The van der Waals surface area contributed by atoms with Crippen LogP contribution in [0.4, 0.5) is 0 Å². The molecule has 0 aliphatic heterocycles. The minimum absolute atomic E-state index is 0.124. The van der Waals surface area contributed by atoms with E-state index in [1.165, 1.54) is 6.07 Å². The van der Waals surface area contributed by atoms with E-state index in [2.05, 4.69) is 10.4 Å². The van der Waals surface area contributed by atoms with E-state index < -0.39 is 11.3 Å². The molecule has 0 radical (unpaired) electrons. The van der Waals surface area contributed by atoms with E-state index in [1.54, 1.807) is 35.9 Å². The fraction of sp³-hybridized carbons (Fsp3) is 0.190. The maximum absolute atomic E-state index is 12.5. The van der Waals surface area contributed by atoms with Crippen molar-refractivity contribution in [2.45, 2.75) is 19.8 Å². The quantitative estimate of drug-likeness (QED) is 0.732. The molecular formula is C21H20ClN3O2. The van der Waals surface area contributed by atoms with Crippen LogP contribution in [0.5, 0.6) is 0 Å². The number of hydrogen-bond acceptors (Lipinski definition) is 3. The van der Waals surface area contributed by atoms with Gasteiger partial charge >= 0.3 is 0 Å². The standard InChI is InChI=1S/C21H20ClN3O2/c1-14(16-6-4-3-5-7-16)13-23-21(27)20-19(26)12-15(2)25(24-20)18-10-8-17(22)9-11-18/h3-12,14H,13H2,1-2H3,(H,23,27)/t14-/m1/s1. The number of rotatable bonds is 5. The predicted octanol–water partition coefficient (Wildman–Crippen LogP) is 3.73. The second kappa shape index (κ2) is 8.18. The van der Waals surface area contributed by atoms with E-state index in [9.17, 15) is 9.59 Å². The Morgan fingerprint density at radius 3 is 2.48 bits per heavy atom. The Morgan fingerprint density at radius 1 is 1.15 bits per heavy atom. The summed E-state index contributed by atoms with van der Waals surface area (Å²) in [5, 5.41) is 7.68. The molecule has 2 aromatic carbocycles. The Morgan fingerprint density at radius 2 is 1.81 bits per heavy atom. The Balaban J connectivity index is 1.81. The number of aromatic nitrogens is 2. The first-order valence-electron chi connectivity index (χ1n) is 8.66. The SMILES string of the molecule is Cc1cc(=O)c(C(=O)NC[C@@H](C)c2ccccc2)nn1-c1ccc(Cl)cc1. The van der Waals surface area contributed by atoms with Crippen molar-refractivity contribution >= 4 is 17.5 Å². The van der Waals surface area contributed by atoms with Gasteiger partial charge in [0, 0.05) is 23.3 Å². The van der Waals surface area contributed by atoms with Gasteiger partial charge in [0.15, 0.2) is 5.69 Å². The smallest absolute Gasteiger partial charge is 0.275 e. The van der Waals surface area contributed by atoms with Gasteiger partial charge in [0.1, 0.15) is 0 Å². The van der Waals surface area contributed by atoms with Crippen molar-refractivity contribution in [3.8, 4) is 5.69 Å². The third-order valence-corrected chi connectivity index (χ3v) is 4.58. The molecule has 1 heterocycles. The van der Waals surface area contributed by atoms with Gasteiger partial charge in [-0.3, -0.25) is 9.59 Å². The Hall–Kier alpha value is -2.92. The average Bonchev–Trinajstić information content (AvgIpc) is 2.67. The topological polar surface area (TPSA) is 64.0 Å². The summed E-state index contributed by atoms with van der Waals surface area (Å²) in [7, 11) is 0. The number of hydrogen-bond donors (Lipinski definition) is 1. The van der Waals surface area contributed by atoms with Gasteiger partial charge in [-0.1, -0.05) is 48.9 Å². The van der Waals surface area contributed by atoms with Gasteiger partial charge in [0.05, 0.1) is 5.69 Å². The zero-order valence-corrected chi connectivity index (χ0v) is 15.9. The molecule has 1 N–H and O–H groups in total. The van der Waals surface area contributed by atoms with Crippen LogP contribution in [0.15, 0.2) is 65.5 Å². The second-order valence-corrected chi connectivity index (χ2v) is 6.84. The molecule has 0 unspecified atom stereocenters. The van der Waals surface area contributed by atoms with Gasteiger partial charge < -0.3 is 5.32 Å². The Bertz CT molecular complexity index is 998. The van der Waals surface area contributed by atoms with E-state index in [-0.39, 0.29) is 11.6 Å². The predicted molar refractivity (Wildman–Crippen MR) is 107 cm³/mol. The molecule has 0 saturated carbocycles. The van der Waals surface area contributed by atoms with Gasteiger partial charge in [0.2, 0.25) is 5.43 Å². The van der Waals surface area contributed by atoms with Gasteiger partial charge in [-0.15, -0.1) is 0 Å². The number of carbonyl (C=O) groups excluding carboxylic acids is 1. The third kappa shape index (κ3) is 4.44. The Labute approximate surface area is 162 Å². The highest BCUT2D eigenvalue weighted by Gasteiger charge is 2.16. The summed E-state index contributed by atoms with van der Waals surface area (Å²) in [6.45, 7) is 4.20. The van der Waals surface area contributed by atoms with Crippen molar-refractivity contribution in [3.05, 3.63) is 92.9 Å². The van der Waals surface area contributed by atoms with Crippen LogP contribution in [0.25, 0.3) is 5.69 Å². The number of benzene rings is 2. The normalized spacial score (nSPS) is 11.8. The van der Waals surface area contributed by atoms with Gasteiger partial charge in [-0.2, -0.15) is 5.10 Å². The molecule has 0 fully saturated rings. The average molecular weight is 382 g/mol. The lowest BCUT2D eigenvalue weighted by atomic mass is 10.0. The van der Waals surface area contributed by atoms with E-state index in [0.717, 1.165) is 11.3 Å². The summed E-state index contributed by atoms with van der Waals surface area (Å²) < 4.78 is 1.56. The van der Waals surface area contributed by atoms with Crippen LogP contribution >= 0.6 is 11.6 Å². The second-order valence-electron chi connectivity index (χ2n) is 6.41. The molecule has 138 valence electrons. The van der Waals surface area contributed by atoms with Gasteiger partial charge in [-0.25, -0.2) is 4.68 Å². The molecule has 0 saturated heterocycles. The lowest BCUT2D eigenvalue weighted by Crippen LogP contribution is -2.34. The zero-order valence-electron chi connectivity index (χ0n) is 15.1. The molecule has 3 rings (SSSR count). The molecule has 6 heteroatoms. The van der Waals surface area contributed by atoms with Crippen LogP contribution in [-0.4, -0.2) is 22.2 Å². The van der Waals surface area contributed by atoms with Gasteiger partial charge in [-0.05, 0) is 42.7 Å². The summed E-state index contributed by atoms with van der Waals surface area (Å²) in [5.74, 6) is -0.357. The van der Waals surface area contributed by atoms with Crippen molar-refractivity contribution in [3.63, 3.8) is 0 Å². The molecule has 1 aromatic heterocycles. The van der Waals surface area contributed by atoms with Crippen molar-refractivity contribution in [1.29, 1.82) is 0 Å². The van der Waals surface area contributed by atoms with Crippen LogP contribution in [0, 0.1) is 6.92 Å². The summed E-state index contributed by atoms with van der Waals surface area (Å²) >= 11 is 5.92. The van der Waals surface area contributed by atoms with Crippen molar-refractivity contribution in [1.82, 2.24) is 15.1 Å². The summed E-state index contributed by atoms with van der Waals surface area (Å²) in [5.41, 5.74) is 1.95. The maximum atomic E-state index is 12.5. The summed E-state index contributed by atoms with van der Waals surface area (Å²) in [4.78, 5) is 24.8. The van der Waals surface area contributed by atoms with E-state index in [0.29, 0.717) is 17.3 Å². The highest BCUT2D eigenvalue weighted by molar-refractivity contribution is 6.30. The first-order valence-corrected chi connectivity index (χ1v) is 9.03. The lowest BCUT2D eigenvalue weighted by molar-refractivity contribution is 0.0943. The number of amides is 1. The molecule has 0 bridgehead atoms. The number of aryl methyl sites for hydroxylation is 1. The summed E-state index contributed by atoms with van der Waals surface area (Å²) in [6, 6.07) is 18.3. The molecule has 3 aromatic rings. The number of halogens is 1. The number of nitrogens with one attached hydrogen (secondary N) is 1. The maximum Gasteiger partial charge on any atom is 0.275 e. The number of carbonyl (C=O) groups is 1. The largest absolute Gasteiger partial charge is 0.350 e. The van der Waals surface area contributed by atoms with E-state index in [1.807, 2.05) is 37.3 Å². The minimum Gasteiger partial charge on any atom is -0.350 e. The van der Waals surface area contributed by atoms with E-state index >= 15 is 0 Å². The highest BCUT2D eigenvalue weighted by atomic mass is 35.5. The van der Waals surface area contributed by atoms with Crippen molar-refractivity contribution in [2.24, 2.45) is 0 Å². The van der Waals surface area contributed by atoms with Crippen LogP contribution in [0.3, 0.4) is 0 Å². The van der Waals surface area contributed by atoms with E-state index in [4.69, 9.17) is 11.6 Å². The zero-order chi connectivity index (χ0) is 19.4. The van der Waals surface area contributed by atoms with Gasteiger partial charge in [0.25, 0.3) is 5.91 Å². The summed E-state index contributed by atoms with van der Waals surface area (Å²) in [6.07, 6.45) is 0. The molecule has 1 amide bonds. The number of nitrogens with zero attached hydrogens (tertiary/aromatic N) is 2. The monoisotopic (exact) mass is 381 g/mol. The van der Waals surface area contributed by atoms with Crippen molar-refractivity contribution < 1.29 is 4.79 Å². The fourth-order valence-electron chi connectivity index (χ4n) is 2.78. The van der Waals surface area contributed by atoms with Crippen molar-refractivity contribution in [2.75, 3.05) is 6.54 Å². The van der Waals surface area contributed by atoms with Crippen LogP contribution < -0.4 is 10.7 Å². The van der Waals surface area contributed by atoms with Crippen LogP contribution in [0.1, 0.15) is 34.6 Å². The Kier molecular flexibility index (Phi) is 5.72. The highest BCUT2D eigenvalue weighted by Crippen LogP contribution is 2.15. The minimum atomic E-state index is -0.481. The fourth-order valence-corrected chi connectivity index (χ4v) is 2.90. The molecule has 0 spiro atoms. The molecular weight excluding hydrogens is 362 g/mol. The lowest BCUT2D eigenvalue weighted by Gasteiger charge is -2.14. The van der Waals surface area contributed by atoms with Crippen LogP contribution in [0.2, 0.25) is 5.02 Å². The molecule has 1 atom stereocenters. The van der Waals surface area contributed by atoms with Crippen LogP contribution in [-0.2, 0) is 0 Å². The molecule has 0 aliphatic carbocycles. The molecule has 0 aliphatic rings. The third-order valence-electron chi connectivity index (χ3n) is 4.33. The molecule has 5 nitrogen and oxygen atoms in total.